The molecule has 0 amide bonds. The van der Waals surface area contributed by atoms with Crippen molar-refractivity contribution in [1.82, 2.24) is 0 Å². The van der Waals surface area contributed by atoms with E-state index in [0.717, 1.165) is 0 Å². The lowest BCUT2D eigenvalue weighted by molar-refractivity contribution is 0.484. The highest BCUT2D eigenvalue weighted by Crippen LogP contribution is 2.40. The van der Waals surface area contributed by atoms with Gasteiger partial charge in [0.15, 0.2) is 0 Å². The number of rotatable bonds is 3. The van der Waals surface area contributed by atoms with Crippen molar-refractivity contribution in [2.45, 2.75) is 4.90 Å². The fraction of sp³-hybridized carbons (Fsp3) is 0. The van der Waals surface area contributed by atoms with E-state index in [1.807, 2.05) is 0 Å². The van der Waals surface area contributed by atoms with Gasteiger partial charge in [0.2, 0.25) is 12.2 Å². The van der Waals surface area contributed by atoms with E-state index in [-0.39, 0.29) is 11.1 Å². The van der Waals surface area contributed by atoms with Crippen LogP contribution in [0.25, 0.3) is 10.8 Å². The minimum atomic E-state index is -4.69. The molecule has 2 rings (SSSR count). The Morgan fingerprint density at radius 3 is 2.30 bits per heavy atom. The van der Waals surface area contributed by atoms with Gasteiger partial charge in [-0.15, -0.1) is 0 Å². The second-order valence-corrected chi connectivity index (χ2v) is 5.03. The maximum absolute atomic E-state index is 11.5. The lowest BCUT2D eigenvalue weighted by Gasteiger charge is -2.08. The molecule has 0 heterocycles. The van der Waals surface area contributed by atoms with E-state index in [1.165, 1.54) is 24.3 Å². The summed E-state index contributed by atoms with van der Waals surface area (Å²) in [6.45, 7) is 0. The monoisotopic (exact) mass is 290 g/mol. The first-order valence-electron chi connectivity index (χ1n) is 5.18. The highest BCUT2D eigenvalue weighted by atomic mass is 32.2. The average Bonchev–Trinajstić information content (AvgIpc) is 2.38. The van der Waals surface area contributed by atoms with Crippen molar-refractivity contribution >= 4 is 44.4 Å². The molecule has 8 heteroatoms. The molecule has 0 unspecified atom stereocenters. The van der Waals surface area contributed by atoms with Crippen molar-refractivity contribution in [1.29, 1.82) is 0 Å². The molecule has 0 spiro atoms. The maximum atomic E-state index is 11.5. The van der Waals surface area contributed by atoms with Gasteiger partial charge < -0.3 is 0 Å². The van der Waals surface area contributed by atoms with Crippen LogP contribution in [0.3, 0.4) is 0 Å². The Labute approximate surface area is 113 Å². The topological polar surface area (TPSA) is 113 Å². The number of isocyanates is 2. The summed E-state index contributed by atoms with van der Waals surface area (Å²) >= 11 is 0. The van der Waals surface area contributed by atoms with Crippen LogP contribution in [0, 0.1) is 0 Å². The van der Waals surface area contributed by atoms with E-state index in [9.17, 15) is 22.6 Å². The Morgan fingerprint density at radius 2 is 1.70 bits per heavy atom. The van der Waals surface area contributed by atoms with Gasteiger partial charge in [-0.05, 0) is 11.5 Å². The van der Waals surface area contributed by atoms with Crippen LogP contribution in [-0.4, -0.2) is 25.1 Å². The van der Waals surface area contributed by atoms with E-state index in [1.54, 1.807) is 18.2 Å². The molecule has 0 fully saturated rings. The standard InChI is InChI=1S/C12H6N2O5S/c15-6-13-10-5-8-3-1-2-4-9(8)12(20(17,18)19)11(10)14-7-16/h1-5H,(H,17,18,19). The summed E-state index contributed by atoms with van der Waals surface area (Å²) in [5, 5.41) is 0.549. The molecule has 2 aromatic rings. The molecule has 0 saturated heterocycles. The van der Waals surface area contributed by atoms with Gasteiger partial charge in [0, 0.05) is 5.39 Å². The normalized spacial score (nSPS) is 10.7. The fourth-order valence-corrected chi connectivity index (χ4v) is 2.70. The van der Waals surface area contributed by atoms with Crippen molar-refractivity contribution in [3.05, 3.63) is 30.3 Å². The molecule has 100 valence electrons. The van der Waals surface area contributed by atoms with Gasteiger partial charge in [-0.2, -0.15) is 18.4 Å². The third kappa shape index (κ3) is 2.40. The van der Waals surface area contributed by atoms with Crippen LogP contribution >= 0.6 is 0 Å². The number of hydrogen-bond acceptors (Lipinski definition) is 6. The van der Waals surface area contributed by atoms with E-state index in [0.29, 0.717) is 5.39 Å². The number of carbonyl (C=O) groups excluding carboxylic acids is 2. The summed E-state index contributed by atoms with van der Waals surface area (Å²) in [6, 6.07) is 7.52. The molecular weight excluding hydrogens is 284 g/mol. The lowest BCUT2D eigenvalue weighted by Crippen LogP contribution is -2.00. The van der Waals surface area contributed by atoms with E-state index < -0.39 is 20.7 Å². The first kappa shape index (κ1) is 13.8. The summed E-state index contributed by atoms with van der Waals surface area (Å²) in [6.07, 6.45) is 2.40. The minimum Gasteiger partial charge on any atom is -0.282 e. The molecule has 20 heavy (non-hydrogen) atoms. The maximum Gasteiger partial charge on any atom is 0.297 e. The third-order valence-corrected chi connectivity index (χ3v) is 3.47. The van der Waals surface area contributed by atoms with Crippen LogP contribution in [-0.2, 0) is 19.7 Å². The van der Waals surface area contributed by atoms with E-state index in [4.69, 9.17) is 0 Å². The Morgan fingerprint density at radius 1 is 1.05 bits per heavy atom. The fourth-order valence-electron chi connectivity index (χ4n) is 1.84. The van der Waals surface area contributed by atoms with Gasteiger partial charge in [-0.1, -0.05) is 24.3 Å². The second-order valence-electron chi connectivity index (χ2n) is 3.68. The lowest BCUT2D eigenvalue weighted by atomic mass is 10.1. The van der Waals surface area contributed by atoms with Crippen molar-refractivity contribution in [2.24, 2.45) is 9.98 Å². The van der Waals surface area contributed by atoms with Gasteiger partial charge in [-0.3, -0.25) is 4.55 Å². The number of hydrogen-bond donors (Lipinski definition) is 1. The molecule has 0 aliphatic carbocycles. The summed E-state index contributed by atoms with van der Waals surface area (Å²) in [5.41, 5.74) is -0.653. The molecule has 0 aromatic heterocycles. The molecule has 0 bridgehead atoms. The Hall–Kier alpha value is -2.63. The second kappa shape index (κ2) is 5.16. The van der Waals surface area contributed by atoms with Crippen LogP contribution < -0.4 is 0 Å². The van der Waals surface area contributed by atoms with Crippen molar-refractivity contribution in [2.75, 3.05) is 0 Å². The molecular formula is C12H6N2O5S. The minimum absolute atomic E-state index is 0.147. The Kier molecular flexibility index (Phi) is 3.56. The quantitative estimate of drug-likeness (QED) is 0.527. The van der Waals surface area contributed by atoms with Crippen molar-refractivity contribution in [3.8, 4) is 0 Å². The SMILES string of the molecule is O=C=Nc1cc2ccccc2c(S(=O)(=O)O)c1N=C=O. The van der Waals surface area contributed by atoms with Crippen LogP contribution in [0.1, 0.15) is 0 Å². The summed E-state index contributed by atoms with van der Waals surface area (Å²) in [7, 11) is -4.69. The molecule has 1 N–H and O–H groups in total. The highest BCUT2D eigenvalue weighted by molar-refractivity contribution is 7.86. The molecule has 0 atom stereocenters. The summed E-state index contributed by atoms with van der Waals surface area (Å²) < 4.78 is 32.4. The molecule has 0 radical (unpaired) electrons. The van der Waals surface area contributed by atoms with E-state index in [2.05, 4.69) is 9.98 Å². The molecule has 0 aliphatic heterocycles. The third-order valence-electron chi connectivity index (χ3n) is 2.54. The average molecular weight is 290 g/mol. The van der Waals surface area contributed by atoms with Gasteiger partial charge >= 0.3 is 0 Å². The van der Waals surface area contributed by atoms with Gasteiger partial charge in [-0.25, -0.2) is 9.59 Å². The number of nitrogens with zero attached hydrogens (tertiary/aromatic N) is 2. The zero-order valence-electron chi connectivity index (χ0n) is 9.77. The first-order chi connectivity index (χ1) is 9.49. The molecule has 0 saturated carbocycles. The van der Waals surface area contributed by atoms with Gasteiger partial charge in [0.05, 0.1) is 0 Å². The van der Waals surface area contributed by atoms with Crippen LogP contribution in [0.4, 0.5) is 11.4 Å². The van der Waals surface area contributed by atoms with Crippen LogP contribution in [0.5, 0.6) is 0 Å². The van der Waals surface area contributed by atoms with Crippen molar-refractivity contribution in [3.63, 3.8) is 0 Å². The summed E-state index contributed by atoms with van der Waals surface area (Å²) in [5.74, 6) is 0. The van der Waals surface area contributed by atoms with Crippen molar-refractivity contribution < 1.29 is 22.6 Å². The predicted octanol–water partition coefficient (Wildman–Crippen LogP) is 2.02. The molecule has 7 nitrogen and oxygen atoms in total. The zero-order chi connectivity index (χ0) is 14.8. The van der Waals surface area contributed by atoms with E-state index >= 15 is 0 Å². The number of aliphatic imine (C=N–C) groups is 2. The predicted molar refractivity (Wildman–Crippen MR) is 69.3 cm³/mol. The number of benzene rings is 2. The largest absolute Gasteiger partial charge is 0.297 e. The van der Waals surface area contributed by atoms with Gasteiger partial charge in [0.25, 0.3) is 10.1 Å². The number of fused-ring (bicyclic) bond motifs is 1. The smallest absolute Gasteiger partial charge is 0.282 e. The Balaban J connectivity index is 3.13. The highest BCUT2D eigenvalue weighted by Gasteiger charge is 2.23. The Bertz CT molecular complexity index is 891. The van der Waals surface area contributed by atoms with Crippen LogP contribution in [0.15, 0.2) is 45.2 Å². The van der Waals surface area contributed by atoms with Crippen LogP contribution in [0.2, 0.25) is 0 Å². The van der Waals surface area contributed by atoms with Gasteiger partial charge in [0.1, 0.15) is 16.3 Å². The molecule has 2 aromatic carbocycles. The first-order valence-corrected chi connectivity index (χ1v) is 6.62. The summed E-state index contributed by atoms with van der Waals surface area (Å²) in [4.78, 5) is 26.7. The molecule has 0 aliphatic rings. The zero-order valence-corrected chi connectivity index (χ0v) is 10.6.